The van der Waals surface area contributed by atoms with Gasteiger partial charge >= 0.3 is 6.18 Å². The van der Waals surface area contributed by atoms with Gasteiger partial charge in [0.25, 0.3) is 5.91 Å². The van der Waals surface area contributed by atoms with E-state index in [9.17, 15) is 27.2 Å². The third-order valence-corrected chi connectivity index (χ3v) is 5.14. The summed E-state index contributed by atoms with van der Waals surface area (Å²) in [4.78, 5) is 32.8. The SMILES string of the molecule is C=CN=C/C(=C\N)C(=O)NC1(C(=O)NCc2ccc(Nc3c(F)cccc3C(F)(F)F)cn2)CC1. The molecule has 1 saturated carbocycles. The molecule has 1 aliphatic rings. The highest BCUT2D eigenvalue weighted by molar-refractivity contribution is 6.13. The van der Waals surface area contributed by atoms with Crippen molar-refractivity contribution in [2.24, 2.45) is 10.7 Å². The number of alkyl halides is 3. The number of nitrogens with two attached hydrogens (primary N) is 1. The van der Waals surface area contributed by atoms with Gasteiger partial charge in [0.05, 0.1) is 40.9 Å². The van der Waals surface area contributed by atoms with Gasteiger partial charge in [-0.15, -0.1) is 0 Å². The molecule has 12 heteroatoms. The van der Waals surface area contributed by atoms with E-state index >= 15 is 0 Å². The average molecular weight is 490 g/mol. The second-order valence-electron chi connectivity index (χ2n) is 7.63. The summed E-state index contributed by atoms with van der Waals surface area (Å²) < 4.78 is 53.5. The second-order valence-corrected chi connectivity index (χ2v) is 7.63. The largest absolute Gasteiger partial charge is 0.418 e. The molecule has 8 nitrogen and oxygen atoms in total. The molecule has 2 aromatic rings. The zero-order chi connectivity index (χ0) is 25.6. The van der Waals surface area contributed by atoms with Crippen LogP contribution in [0, 0.1) is 5.82 Å². The number of benzene rings is 1. The van der Waals surface area contributed by atoms with Crippen molar-refractivity contribution >= 4 is 29.4 Å². The number of hydrogen-bond donors (Lipinski definition) is 4. The monoisotopic (exact) mass is 490 g/mol. The lowest BCUT2D eigenvalue weighted by Crippen LogP contribution is -2.49. The van der Waals surface area contributed by atoms with Gasteiger partial charge in [-0.3, -0.25) is 19.6 Å². The zero-order valence-corrected chi connectivity index (χ0v) is 18.3. The Hall–Kier alpha value is -4.22. The van der Waals surface area contributed by atoms with Gasteiger partial charge in [-0.2, -0.15) is 13.2 Å². The summed E-state index contributed by atoms with van der Waals surface area (Å²) in [5, 5.41) is 7.71. The van der Waals surface area contributed by atoms with Crippen molar-refractivity contribution in [2.75, 3.05) is 5.32 Å². The number of nitrogens with zero attached hydrogens (tertiary/aromatic N) is 2. The summed E-state index contributed by atoms with van der Waals surface area (Å²) >= 11 is 0. The minimum atomic E-state index is -4.74. The van der Waals surface area contributed by atoms with E-state index in [-0.39, 0.29) is 17.8 Å². The maximum atomic E-state index is 14.0. The second kappa shape index (κ2) is 10.4. The molecule has 35 heavy (non-hydrogen) atoms. The fourth-order valence-electron chi connectivity index (χ4n) is 3.11. The Morgan fingerprint density at radius 3 is 2.54 bits per heavy atom. The summed E-state index contributed by atoms with van der Waals surface area (Å²) in [6, 6.07) is 5.54. The van der Waals surface area contributed by atoms with Crippen molar-refractivity contribution in [3.63, 3.8) is 0 Å². The summed E-state index contributed by atoms with van der Waals surface area (Å²) in [5.74, 6) is -2.05. The number of rotatable bonds is 9. The van der Waals surface area contributed by atoms with Gasteiger partial charge < -0.3 is 21.7 Å². The smallest absolute Gasteiger partial charge is 0.404 e. The van der Waals surface area contributed by atoms with E-state index in [1.807, 2.05) is 0 Å². The van der Waals surface area contributed by atoms with Crippen LogP contribution in [0.3, 0.4) is 0 Å². The van der Waals surface area contributed by atoms with Crippen LogP contribution in [0.5, 0.6) is 0 Å². The lowest BCUT2D eigenvalue weighted by atomic mass is 10.1. The van der Waals surface area contributed by atoms with Gasteiger partial charge in [-0.25, -0.2) is 4.39 Å². The standard InChI is InChI=1S/C23H22F4N6O2/c1-2-29-11-14(10-28)20(34)33-22(8-9-22)21(35)31-12-15-6-7-16(13-30-15)32-19-17(23(25,26)27)4-3-5-18(19)24/h2-7,10-11,13,32H,1,8-9,12,28H2,(H,31,35)(H,33,34)/b14-10+,29-11?. The average Bonchev–Trinajstić information content (AvgIpc) is 3.60. The molecular formula is C23H22F4N6O2. The van der Waals surface area contributed by atoms with E-state index in [0.29, 0.717) is 18.5 Å². The van der Waals surface area contributed by atoms with Crippen LogP contribution in [-0.2, 0) is 22.3 Å². The van der Waals surface area contributed by atoms with Gasteiger partial charge in [-0.1, -0.05) is 12.6 Å². The molecule has 1 aromatic carbocycles. The van der Waals surface area contributed by atoms with Crippen LogP contribution in [0.25, 0.3) is 0 Å². The number of amides is 2. The lowest BCUT2D eigenvalue weighted by Gasteiger charge is -2.17. The molecule has 0 saturated heterocycles. The van der Waals surface area contributed by atoms with Crippen LogP contribution in [0.1, 0.15) is 24.1 Å². The molecule has 1 fully saturated rings. The molecule has 1 heterocycles. The van der Waals surface area contributed by atoms with E-state index in [1.54, 1.807) is 0 Å². The Morgan fingerprint density at radius 1 is 1.23 bits per heavy atom. The van der Waals surface area contributed by atoms with Crippen LogP contribution in [0.15, 0.2) is 66.1 Å². The molecule has 0 spiro atoms. The minimum Gasteiger partial charge on any atom is -0.404 e. The predicted molar refractivity (Wildman–Crippen MR) is 122 cm³/mol. The van der Waals surface area contributed by atoms with Crippen molar-refractivity contribution in [1.29, 1.82) is 0 Å². The molecule has 1 aromatic heterocycles. The van der Waals surface area contributed by atoms with Crippen molar-refractivity contribution < 1.29 is 27.2 Å². The Labute approximate surface area is 198 Å². The van der Waals surface area contributed by atoms with Gasteiger partial charge in [0.2, 0.25) is 5.91 Å². The number of nitrogens with one attached hydrogen (secondary N) is 3. The van der Waals surface area contributed by atoms with Gasteiger partial charge in [0, 0.05) is 18.6 Å². The number of aliphatic imine (C=N–C) groups is 1. The summed E-state index contributed by atoms with van der Waals surface area (Å²) in [6.07, 6.45) is 0.859. The number of anilines is 2. The Morgan fingerprint density at radius 2 is 1.97 bits per heavy atom. The molecule has 0 bridgehead atoms. The third kappa shape index (κ3) is 6.22. The summed E-state index contributed by atoms with van der Waals surface area (Å²) in [6.45, 7) is 3.41. The number of carbonyl (C=O) groups excluding carboxylic acids is 2. The van der Waals surface area contributed by atoms with Crippen molar-refractivity contribution in [1.82, 2.24) is 15.6 Å². The Balaban J connectivity index is 1.61. The Bertz CT molecular complexity index is 1170. The van der Waals surface area contributed by atoms with Crippen molar-refractivity contribution in [3.05, 3.63) is 78.2 Å². The number of hydrogen-bond acceptors (Lipinski definition) is 6. The molecule has 2 amide bonds. The van der Waals surface area contributed by atoms with Crippen LogP contribution < -0.4 is 21.7 Å². The summed E-state index contributed by atoms with van der Waals surface area (Å²) in [5.41, 5.74) is 3.09. The van der Waals surface area contributed by atoms with Gasteiger partial charge in [0.1, 0.15) is 11.4 Å². The molecule has 0 aliphatic heterocycles. The van der Waals surface area contributed by atoms with Gasteiger partial charge in [0.15, 0.2) is 0 Å². The fraction of sp³-hybridized carbons (Fsp3) is 0.217. The lowest BCUT2D eigenvalue weighted by molar-refractivity contribution is -0.137. The van der Waals surface area contributed by atoms with Crippen molar-refractivity contribution in [3.8, 4) is 0 Å². The normalized spacial score (nSPS) is 14.9. The molecular weight excluding hydrogens is 468 g/mol. The molecule has 1 aliphatic carbocycles. The summed E-state index contributed by atoms with van der Waals surface area (Å²) in [7, 11) is 0. The topological polar surface area (TPSA) is 121 Å². The minimum absolute atomic E-state index is 0.00173. The van der Waals surface area contributed by atoms with E-state index < -0.39 is 40.6 Å². The van der Waals surface area contributed by atoms with Gasteiger partial charge in [-0.05, 0) is 37.1 Å². The maximum absolute atomic E-state index is 14.0. The maximum Gasteiger partial charge on any atom is 0.418 e. The molecule has 0 radical (unpaired) electrons. The Kier molecular flexibility index (Phi) is 7.52. The molecule has 0 unspecified atom stereocenters. The number of halogens is 4. The predicted octanol–water partition coefficient (Wildman–Crippen LogP) is 3.31. The fourth-order valence-corrected chi connectivity index (χ4v) is 3.11. The van der Waals surface area contributed by atoms with Crippen LogP contribution in [0.2, 0.25) is 0 Å². The first-order valence-corrected chi connectivity index (χ1v) is 10.3. The van der Waals surface area contributed by atoms with E-state index in [2.05, 4.69) is 32.5 Å². The molecule has 0 atom stereocenters. The number of para-hydroxylation sites is 1. The van der Waals surface area contributed by atoms with E-state index in [0.717, 1.165) is 24.4 Å². The highest BCUT2D eigenvalue weighted by atomic mass is 19.4. The molecule has 5 N–H and O–H groups in total. The number of pyridine rings is 1. The first kappa shape index (κ1) is 25.4. The van der Waals surface area contributed by atoms with Crippen molar-refractivity contribution in [2.45, 2.75) is 31.1 Å². The highest BCUT2D eigenvalue weighted by Crippen LogP contribution is 2.37. The number of aromatic nitrogens is 1. The highest BCUT2D eigenvalue weighted by Gasteiger charge is 2.51. The quantitative estimate of drug-likeness (QED) is 0.244. The van der Waals surface area contributed by atoms with Crippen LogP contribution >= 0.6 is 0 Å². The molecule has 184 valence electrons. The third-order valence-electron chi connectivity index (χ3n) is 5.14. The molecule has 3 rings (SSSR count). The van der Waals surface area contributed by atoms with E-state index in [4.69, 9.17) is 5.73 Å². The first-order chi connectivity index (χ1) is 16.6. The number of carbonyl (C=O) groups is 2. The van der Waals surface area contributed by atoms with Crippen LogP contribution in [0.4, 0.5) is 28.9 Å². The first-order valence-electron chi connectivity index (χ1n) is 10.3. The van der Waals surface area contributed by atoms with Crippen LogP contribution in [-0.4, -0.2) is 28.6 Å². The zero-order valence-electron chi connectivity index (χ0n) is 18.3. The van der Waals surface area contributed by atoms with E-state index in [1.165, 1.54) is 30.7 Å².